The monoisotopic (exact) mass is 403 g/mol. The molecule has 1 aliphatic carbocycles. The third kappa shape index (κ3) is 1.89. The number of benzene rings is 1. The summed E-state index contributed by atoms with van der Waals surface area (Å²) >= 11 is 5.85. The molecule has 0 amide bonds. The maximum atomic E-state index is 5.95. The predicted molar refractivity (Wildman–Crippen MR) is 80.4 cm³/mol. The fourth-order valence-electron chi connectivity index (χ4n) is 2.30. The van der Waals surface area contributed by atoms with Crippen molar-refractivity contribution in [1.82, 2.24) is 9.78 Å². The molecule has 88 valence electrons. The van der Waals surface area contributed by atoms with Gasteiger partial charge in [0.25, 0.3) is 0 Å². The lowest BCUT2D eigenvalue weighted by Gasteiger charge is -2.06. The van der Waals surface area contributed by atoms with Gasteiger partial charge in [-0.2, -0.15) is 5.10 Å². The first kappa shape index (κ1) is 11.5. The number of nitrogens with two attached hydrogens (primary N) is 1. The van der Waals surface area contributed by atoms with Gasteiger partial charge in [-0.1, -0.05) is 0 Å². The van der Waals surface area contributed by atoms with Crippen molar-refractivity contribution in [2.45, 2.75) is 19.3 Å². The highest BCUT2D eigenvalue weighted by Gasteiger charge is 2.21. The standard InChI is InChI=1S/C12H11BrIN3/c13-9-6-7(4-5-10(9)14)17-11-3-1-2-8(11)12(15)16-17/h4-6H,1-3H2,(H2,15,16). The molecule has 0 aliphatic heterocycles. The zero-order chi connectivity index (χ0) is 12.0. The van der Waals surface area contributed by atoms with Gasteiger partial charge in [-0.3, -0.25) is 0 Å². The van der Waals surface area contributed by atoms with Gasteiger partial charge >= 0.3 is 0 Å². The van der Waals surface area contributed by atoms with Crippen molar-refractivity contribution in [2.24, 2.45) is 0 Å². The SMILES string of the molecule is Nc1nn(-c2ccc(I)c(Br)c2)c2c1CCC2. The zero-order valence-electron chi connectivity index (χ0n) is 9.08. The predicted octanol–water partition coefficient (Wildman–Crippen LogP) is 3.31. The number of anilines is 1. The Kier molecular flexibility index (Phi) is 2.90. The summed E-state index contributed by atoms with van der Waals surface area (Å²) in [5.74, 6) is 0.687. The van der Waals surface area contributed by atoms with Crippen molar-refractivity contribution >= 4 is 44.3 Å². The molecule has 2 aromatic rings. The molecular weight excluding hydrogens is 393 g/mol. The van der Waals surface area contributed by atoms with E-state index in [2.05, 4.69) is 61.8 Å². The van der Waals surface area contributed by atoms with E-state index in [4.69, 9.17) is 5.73 Å². The molecular formula is C12H11BrIN3. The molecule has 5 heteroatoms. The van der Waals surface area contributed by atoms with Gasteiger partial charge in [0, 0.05) is 19.3 Å². The Labute approximate surface area is 122 Å². The van der Waals surface area contributed by atoms with E-state index in [0.717, 1.165) is 23.0 Å². The number of aromatic nitrogens is 2. The van der Waals surface area contributed by atoms with Crippen molar-refractivity contribution in [3.05, 3.63) is 37.5 Å². The van der Waals surface area contributed by atoms with Crippen molar-refractivity contribution in [1.29, 1.82) is 0 Å². The van der Waals surface area contributed by atoms with Crippen LogP contribution in [-0.4, -0.2) is 9.78 Å². The summed E-state index contributed by atoms with van der Waals surface area (Å²) in [4.78, 5) is 0. The highest BCUT2D eigenvalue weighted by Crippen LogP contribution is 2.30. The van der Waals surface area contributed by atoms with Crippen molar-refractivity contribution in [3.8, 4) is 5.69 Å². The van der Waals surface area contributed by atoms with Gasteiger partial charge in [-0.25, -0.2) is 4.68 Å². The molecule has 2 N–H and O–H groups in total. The van der Waals surface area contributed by atoms with E-state index in [0.29, 0.717) is 5.82 Å². The normalized spacial score (nSPS) is 14.0. The second-order valence-electron chi connectivity index (χ2n) is 4.17. The molecule has 0 saturated carbocycles. The van der Waals surface area contributed by atoms with Crippen LogP contribution < -0.4 is 5.73 Å². The van der Waals surface area contributed by atoms with Crippen LogP contribution >= 0.6 is 38.5 Å². The summed E-state index contributed by atoms with van der Waals surface area (Å²) in [5, 5.41) is 4.44. The van der Waals surface area contributed by atoms with Crippen LogP contribution in [0, 0.1) is 3.57 Å². The van der Waals surface area contributed by atoms with Gasteiger partial charge in [0.1, 0.15) is 5.82 Å². The van der Waals surface area contributed by atoms with E-state index in [1.165, 1.54) is 21.2 Å². The topological polar surface area (TPSA) is 43.8 Å². The molecule has 0 radical (unpaired) electrons. The molecule has 0 atom stereocenters. The fraction of sp³-hybridized carbons (Fsp3) is 0.250. The summed E-state index contributed by atoms with van der Waals surface area (Å²) in [6.07, 6.45) is 3.32. The van der Waals surface area contributed by atoms with Crippen molar-refractivity contribution in [3.63, 3.8) is 0 Å². The van der Waals surface area contributed by atoms with Gasteiger partial charge in [0.15, 0.2) is 0 Å². The van der Waals surface area contributed by atoms with E-state index in [-0.39, 0.29) is 0 Å². The van der Waals surface area contributed by atoms with Crippen molar-refractivity contribution in [2.75, 3.05) is 5.73 Å². The van der Waals surface area contributed by atoms with E-state index in [9.17, 15) is 0 Å². The minimum atomic E-state index is 0.687. The van der Waals surface area contributed by atoms with Gasteiger partial charge in [0.05, 0.1) is 5.69 Å². The lowest BCUT2D eigenvalue weighted by atomic mass is 10.2. The van der Waals surface area contributed by atoms with Crippen LogP contribution in [0.2, 0.25) is 0 Å². The van der Waals surface area contributed by atoms with Crippen LogP contribution in [0.15, 0.2) is 22.7 Å². The molecule has 0 bridgehead atoms. The third-order valence-electron chi connectivity index (χ3n) is 3.11. The molecule has 3 nitrogen and oxygen atoms in total. The molecule has 3 rings (SSSR count). The maximum absolute atomic E-state index is 5.95. The molecule has 0 fully saturated rings. The molecule has 0 spiro atoms. The Balaban J connectivity index is 2.15. The van der Waals surface area contributed by atoms with Crippen molar-refractivity contribution < 1.29 is 0 Å². The van der Waals surface area contributed by atoms with Crippen LogP contribution in [0.1, 0.15) is 17.7 Å². The van der Waals surface area contributed by atoms with Gasteiger partial charge in [-0.15, -0.1) is 0 Å². The summed E-state index contributed by atoms with van der Waals surface area (Å²) in [6.45, 7) is 0. The average molecular weight is 404 g/mol. The number of rotatable bonds is 1. The van der Waals surface area contributed by atoms with Crippen LogP contribution in [0.25, 0.3) is 5.69 Å². The molecule has 1 aliphatic rings. The van der Waals surface area contributed by atoms with E-state index in [1.54, 1.807) is 0 Å². The molecule has 1 aromatic heterocycles. The summed E-state index contributed by atoms with van der Waals surface area (Å²) in [6, 6.07) is 6.25. The summed E-state index contributed by atoms with van der Waals surface area (Å²) in [7, 11) is 0. The largest absolute Gasteiger partial charge is 0.382 e. The highest BCUT2D eigenvalue weighted by molar-refractivity contribution is 14.1. The number of nitrogens with zero attached hydrogens (tertiary/aromatic N) is 2. The quantitative estimate of drug-likeness (QED) is 0.742. The summed E-state index contributed by atoms with van der Waals surface area (Å²) < 4.78 is 4.28. The maximum Gasteiger partial charge on any atom is 0.149 e. The first-order valence-electron chi connectivity index (χ1n) is 5.48. The van der Waals surface area contributed by atoms with E-state index < -0.39 is 0 Å². The van der Waals surface area contributed by atoms with Crippen LogP contribution in [0.3, 0.4) is 0 Å². The first-order chi connectivity index (χ1) is 8.16. The lowest BCUT2D eigenvalue weighted by Crippen LogP contribution is -2.02. The molecule has 0 unspecified atom stereocenters. The Bertz CT molecular complexity index is 592. The molecule has 0 saturated heterocycles. The minimum absolute atomic E-state index is 0.687. The Hall–Kier alpha value is -0.560. The second-order valence-corrected chi connectivity index (χ2v) is 6.19. The number of halogens is 2. The Morgan fingerprint density at radius 3 is 2.94 bits per heavy atom. The molecule has 1 aromatic carbocycles. The van der Waals surface area contributed by atoms with Gasteiger partial charge < -0.3 is 5.73 Å². The van der Waals surface area contributed by atoms with E-state index in [1.807, 2.05) is 4.68 Å². The van der Waals surface area contributed by atoms with Gasteiger partial charge in [0.2, 0.25) is 0 Å². The first-order valence-corrected chi connectivity index (χ1v) is 7.35. The molecule has 17 heavy (non-hydrogen) atoms. The minimum Gasteiger partial charge on any atom is -0.382 e. The second kappa shape index (κ2) is 4.28. The number of hydrogen-bond acceptors (Lipinski definition) is 2. The lowest BCUT2D eigenvalue weighted by molar-refractivity contribution is 0.788. The average Bonchev–Trinajstić information content (AvgIpc) is 2.87. The van der Waals surface area contributed by atoms with Gasteiger partial charge in [-0.05, 0) is 76.0 Å². The van der Waals surface area contributed by atoms with E-state index >= 15 is 0 Å². The Morgan fingerprint density at radius 2 is 2.18 bits per heavy atom. The Morgan fingerprint density at radius 1 is 1.35 bits per heavy atom. The van der Waals surface area contributed by atoms with Crippen LogP contribution in [0.4, 0.5) is 5.82 Å². The number of nitrogen functional groups attached to an aromatic ring is 1. The fourth-order valence-corrected chi connectivity index (χ4v) is 3.00. The number of fused-ring (bicyclic) bond motifs is 1. The van der Waals surface area contributed by atoms with Crippen LogP contribution in [-0.2, 0) is 12.8 Å². The van der Waals surface area contributed by atoms with Crippen LogP contribution in [0.5, 0.6) is 0 Å². The molecule has 1 heterocycles. The summed E-state index contributed by atoms with van der Waals surface area (Å²) in [5.41, 5.74) is 9.54. The smallest absolute Gasteiger partial charge is 0.149 e. The highest BCUT2D eigenvalue weighted by atomic mass is 127. The number of hydrogen-bond donors (Lipinski definition) is 1. The third-order valence-corrected chi connectivity index (χ3v) is 5.45. The zero-order valence-corrected chi connectivity index (χ0v) is 12.8.